The van der Waals surface area contributed by atoms with Gasteiger partial charge in [0, 0.05) is 12.3 Å². The van der Waals surface area contributed by atoms with Crippen LogP contribution in [-0.4, -0.2) is 15.2 Å². The molecule has 0 unspecified atom stereocenters. The highest BCUT2D eigenvalue weighted by molar-refractivity contribution is 6.30. The predicted molar refractivity (Wildman–Crippen MR) is 86.6 cm³/mol. The molecule has 0 radical (unpaired) electrons. The second-order valence-corrected chi connectivity index (χ2v) is 5.60. The van der Waals surface area contributed by atoms with Crippen LogP contribution in [0.5, 0.6) is 5.75 Å². The molecule has 0 aliphatic rings. The summed E-state index contributed by atoms with van der Waals surface area (Å²) in [6.45, 7) is 1.37. The van der Waals surface area contributed by atoms with Gasteiger partial charge in [-0.25, -0.2) is 13.8 Å². The molecule has 0 fully saturated rings. The van der Waals surface area contributed by atoms with Gasteiger partial charge in [0.25, 0.3) is 0 Å². The largest absolute Gasteiger partial charge is 0.485 e. The van der Waals surface area contributed by atoms with Crippen LogP contribution in [0.3, 0.4) is 0 Å². The average Bonchev–Trinajstić information content (AvgIpc) is 2.82. The lowest BCUT2D eigenvalue weighted by molar-refractivity contribution is 0.294. The number of fused-ring (bicyclic) bond motifs is 1. The molecule has 0 aliphatic heterocycles. The number of nitrogens with one attached hydrogen (secondary N) is 1. The number of nitrogens with zero attached hydrogens (tertiary/aromatic N) is 2. The lowest BCUT2D eigenvalue weighted by atomic mass is 10.2. The van der Waals surface area contributed by atoms with Crippen molar-refractivity contribution in [3.63, 3.8) is 0 Å². The summed E-state index contributed by atoms with van der Waals surface area (Å²) in [5.74, 6) is -1.33. The number of benzene rings is 1. The van der Waals surface area contributed by atoms with E-state index >= 15 is 0 Å². The van der Waals surface area contributed by atoms with Gasteiger partial charge in [0.05, 0.1) is 16.3 Å². The third kappa shape index (κ3) is 2.78. The maximum Gasteiger partial charge on any atom is 0.180 e. The molecule has 0 saturated carbocycles. The van der Waals surface area contributed by atoms with Gasteiger partial charge in [-0.1, -0.05) is 17.7 Å². The SMILES string of the molecule is Cc1nc2c(OCc3c(F)cccc3F)cc(Cl)cn2c1C(=N)N. The summed E-state index contributed by atoms with van der Waals surface area (Å²) < 4.78 is 34.5. The van der Waals surface area contributed by atoms with Gasteiger partial charge in [0.15, 0.2) is 11.4 Å². The minimum atomic E-state index is -0.697. The van der Waals surface area contributed by atoms with Crippen LogP contribution in [0, 0.1) is 24.0 Å². The minimum absolute atomic E-state index is 0.173. The Morgan fingerprint density at radius 2 is 2.04 bits per heavy atom. The van der Waals surface area contributed by atoms with Crippen LogP contribution in [0.15, 0.2) is 30.5 Å². The highest BCUT2D eigenvalue weighted by atomic mass is 35.5. The predicted octanol–water partition coefficient (Wildman–Crippen LogP) is 3.44. The van der Waals surface area contributed by atoms with E-state index in [0.29, 0.717) is 22.1 Å². The number of imidazole rings is 1. The normalized spacial score (nSPS) is 11.0. The number of nitrogen functional groups attached to an aromatic ring is 1. The molecule has 1 aromatic carbocycles. The Hall–Kier alpha value is -2.67. The van der Waals surface area contributed by atoms with Crippen LogP contribution in [0.25, 0.3) is 5.65 Å². The number of hydrogen-bond acceptors (Lipinski definition) is 3. The Morgan fingerprint density at radius 3 is 2.67 bits per heavy atom. The summed E-state index contributed by atoms with van der Waals surface area (Å²) in [5.41, 5.74) is 6.64. The maximum atomic E-state index is 13.7. The van der Waals surface area contributed by atoms with Gasteiger partial charge in [-0.15, -0.1) is 0 Å². The van der Waals surface area contributed by atoms with E-state index in [1.54, 1.807) is 13.1 Å². The summed E-state index contributed by atoms with van der Waals surface area (Å²) in [4.78, 5) is 4.30. The molecule has 3 N–H and O–H groups in total. The van der Waals surface area contributed by atoms with E-state index in [-0.39, 0.29) is 23.8 Å². The Bertz CT molecular complexity index is 935. The molecule has 3 aromatic rings. The average molecular weight is 351 g/mol. The first kappa shape index (κ1) is 16.2. The monoisotopic (exact) mass is 350 g/mol. The van der Waals surface area contributed by atoms with Crippen LogP contribution in [0.2, 0.25) is 5.02 Å². The molecule has 0 saturated heterocycles. The summed E-state index contributed by atoms with van der Waals surface area (Å²) >= 11 is 6.07. The molecule has 24 heavy (non-hydrogen) atoms. The molecule has 0 bridgehead atoms. The Labute approximate surface area is 141 Å². The summed E-state index contributed by atoms with van der Waals surface area (Å²) in [7, 11) is 0. The lowest BCUT2D eigenvalue weighted by Crippen LogP contribution is -2.15. The first-order valence-corrected chi connectivity index (χ1v) is 7.34. The fourth-order valence-electron chi connectivity index (χ4n) is 2.45. The minimum Gasteiger partial charge on any atom is -0.485 e. The third-order valence-electron chi connectivity index (χ3n) is 3.52. The fourth-order valence-corrected chi connectivity index (χ4v) is 2.64. The van der Waals surface area contributed by atoms with Crippen LogP contribution in [0.4, 0.5) is 8.78 Å². The van der Waals surface area contributed by atoms with Crippen molar-refractivity contribution in [2.45, 2.75) is 13.5 Å². The Morgan fingerprint density at radius 1 is 1.38 bits per heavy atom. The van der Waals surface area contributed by atoms with E-state index in [1.165, 1.54) is 16.5 Å². The standard InChI is InChI=1S/C16H13ClF2N4O/c1-8-14(15(20)21)23-6-9(17)5-13(16(23)22-8)24-7-10-11(18)3-2-4-12(10)19/h2-6H,7H2,1H3,(H3,20,21). The molecular formula is C16H13ClF2N4O. The Balaban J connectivity index is 2.04. The zero-order chi connectivity index (χ0) is 17.4. The van der Waals surface area contributed by atoms with Gasteiger partial charge in [-0.3, -0.25) is 9.81 Å². The van der Waals surface area contributed by atoms with E-state index in [1.807, 2.05) is 0 Å². The smallest absolute Gasteiger partial charge is 0.180 e. The van der Waals surface area contributed by atoms with E-state index in [2.05, 4.69) is 4.98 Å². The van der Waals surface area contributed by atoms with E-state index in [9.17, 15) is 8.78 Å². The molecule has 0 spiro atoms. The quantitative estimate of drug-likeness (QED) is 0.559. The number of nitrogens with two attached hydrogens (primary N) is 1. The Kier molecular flexibility index (Phi) is 4.11. The fraction of sp³-hybridized carbons (Fsp3) is 0.125. The number of hydrogen-bond donors (Lipinski definition) is 2. The van der Waals surface area contributed by atoms with Crippen molar-refractivity contribution in [1.82, 2.24) is 9.38 Å². The number of aromatic nitrogens is 2. The van der Waals surface area contributed by atoms with E-state index in [4.69, 9.17) is 27.5 Å². The van der Waals surface area contributed by atoms with Gasteiger partial charge < -0.3 is 10.5 Å². The van der Waals surface area contributed by atoms with Gasteiger partial charge >= 0.3 is 0 Å². The van der Waals surface area contributed by atoms with E-state index in [0.717, 1.165) is 12.1 Å². The number of aryl methyl sites for hydroxylation is 1. The first-order valence-electron chi connectivity index (χ1n) is 6.96. The van der Waals surface area contributed by atoms with Gasteiger partial charge in [0.1, 0.15) is 29.8 Å². The van der Waals surface area contributed by atoms with E-state index < -0.39 is 11.6 Å². The van der Waals surface area contributed by atoms with Crippen LogP contribution in [0.1, 0.15) is 17.0 Å². The summed E-state index contributed by atoms with van der Waals surface area (Å²) in [6, 6.07) is 5.08. The highest BCUT2D eigenvalue weighted by Gasteiger charge is 2.17. The number of amidine groups is 1. The molecule has 8 heteroatoms. The van der Waals surface area contributed by atoms with Crippen LogP contribution >= 0.6 is 11.6 Å². The van der Waals surface area contributed by atoms with Crippen molar-refractivity contribution in [2.24, 2.45) is 5.73 Å². The van der Waals surface area contributed by atoms with Crippen LogP contribution < -0.4 is 10.5 Å². The second kappa shape index (κ2) is 6.09. The molecule has 5 nitrogen and oxygen atoms in total. The van der Waals surface area contributed by atoms with Crippen LogP contribution in [-0.2, 0) is 6.61 Å². The molecule has 2 aromatic heterocycles. The van der Waals surface area contributed by atoms with Gasteiger partial charge in [0.2, 0.25) is 0 Å². The van der Waals surface area contributed by atoms with Crippen molar-refractivity contribution in [3.05, 3.63) is 64.1 Å². The molecule has 0 atom stereocenters. The number of ether oxygens (including phenoxy) is 1. The molecular weight excluding hydrogens is 338 g/mol. The third-order valence-corrected chi connectivity index (χ3v) is 3.72. The molecule has 0 amide bonds. The van der Waals surface area contributed by atoms with Crippen molar-refractivity contribution in [1.29, 1.82) is 5.41 Å². The highest BCUT2D eigenvalue weighted by Crippen LogP contribution is 2.27. The van der Waals surface area contributed by atoms with Crippen molar-refractivity contribution < 1.29 is 13.5 Å². The molecule has 0 aliphatic carbocycles. The van der Waals surface area contributed by atoms with Gasteiger partial charge in [-0.05, 0) is 19.1 Å². The van der Waals surface area contributed by atoms with Crippen molar-refractivity contribution in [3.8, 4) is 5.75 Å². The number of rotatable bonds is 4. The molecule has 124 valence electrons. The zero-order valence-electron chi connectivity index (χ0n) is 12.6. The molecule has 3 rings (SSSR count). The summed E-state index contributed by atoms with van der Waals surface area (Å²) in [5, 5.41) is 7.95. The maximum absolute atomic E-state index is 13.7. The van der Waals surface area contributed by atoms with Crippen molar-refractivity contribution >= 4 is 23.1 Å². The zero-order valence-corrected chi connectivity index (χ0v) is 13.4. The number of halogens is 3. The lowest BCUT2D eigenvalue weighted by Gasteiger charge is -2.10. The summed E-state index contributed by atoms with van der Waals surface area (Å²) in [6.07, 6.45) is 1.55. The van der Waals surface area contributed by atoms with Crippen molar-refractivity contribution in [2.75, 3.05) is 0 Å². The number of pyridine rings is 1. The second-order valence-electron chi connectivity index (χ2n) is 5.16. The van der Waals surface area contributed by atoms with Gasteiger partial charge in [-0.2, -0.15) is 0 Å². The topological polar surface area (TPSA) is 76.4 Å². The molecule has 2 heterocycles. The first-order chi connectivity index (χ1) is 11.4.